The van der Waals surface area contributed by atoms with Gasteiger partial charge in [0.25, 0.3) is 5.91 Å². The van der Waals surface area contributed by atoms with E-state index in [1.807, 2.05) is 11.8 Å². The van der Waals surface area contributed by atoms with Gasteiger partial charge in [-0.2, -0.15) is 11.8 Å². The summed E-state index contributed by atoms with van der Waals surface area (Å²) in [6.07, 6.45) is 10.2. The summed E-state index contributed by atoms with van der Waals surface area (Å²) in [6, 6.07) is 1.70. The van der Waals surface area contributed by atoms with Gasteiger partial charge in [0.2, 0.25) is 0 Å². The van der Waals surface area contributed by atoms with E-state index in [1.165, 1.54) is 25.7 Å². The van der Waals surface area contributed by atoms with Crippen molar-refractivity contribution < 1.29 is 4.79 Å². The highest BCUT2D eigenvalue weighted by Gasteiger charge is 2.33. The predicted molar refractivity (Wildman–Crippen MR) is 87.2 cm³/mol. The minimum atomic E-state index is -0.0842. The van der Waals surface area contributed by atoms with Crippen LogP contribution in [0.5, 0.6) is 0 Å². The van der Waals surface area contributed by atoms with Gasteiger partial charge in [-0.05, 0) is 25.2 Å². The van der Waals surface area contributed by atoms with Gasteiger partial charge in [-0.3, -0.25) is 9.78 Å². The maximum absolute atomic E-state index is 12.4. The Bertz CT molecular complexity index is 556. The molecule has 1 aromatic rings. The lowest BCUT2D eigenvalue weighted by molar-refractivity contribution is 0.0949. The lowest BCUT2D eigenvalue weighted by Gasteiger charge is -2.27. The highest BCUT2D eigenvalue weighted by Crippen LogP contribution is 2.39. The maximum atomic E-state index is 12.4. The van der Waals surface area contributed by atoms with Crippen LogP contribution in [0, 0.1) is 11.8 Å². The average molecular weight is 303 g/mol. The number of hydrogen-bond acceptors (Lipinski definition) is 4. The van der Waals surface area contributed by atoms with Crippen molar-refractivity contribution in [3.05, 3.63) is 29.6 Å². The molecule has 5 heteroatoms. The molecule has 112 valence electrons. The summed E-state index contributed by atoms with van der Waals surface area (Å²) in [4.78, 5) is 16.4. The molecule has 0 saturated heterocycles. The van der Waals surface area contributed by atoms with E-state index in [1.54, 1.807) is 18.5 Å². The molecule has 0 aromatic carbocycles. The van der Waals surface area contributed by atoms with Gasteiger partial charge < -0.3 is 11.1 Å². The zero-order chi connectivity index (χ0) is 15.1. The standard InChI is InChI=1S/C16H21N3OS/c1-21-16(7-2-3-8-16)12-19-15(20)14-6-10-18-11-13(14)5-4-9-17/h6,10-11H,2-3,7-9,12,17H2,1H3,(H,19,20). The summed E-state index contributed by atoms with van der Waals surface area (Å²) >= 11 is 1.86. The molecule has 0 unspecified atom stereocenters. The molecule has 1 aromatic heterocycles. The number of rotatable bonds is 4. The Morgan fingerprint density at radius 3 is 2.95 bits per heavy atom. The molecule has 0 bridgehead atoms. The summed E-state index contributed by atoms with van der Waals surface area (Å²) in [6.45, 7) is 0.977. The molecule has 1 amide bonds. The average Bonchev–Trinajstić information content (AvgIpc) is 3.00. The van der Waals surface area contributed by atoms with E-state index in [4.69, 9.17) is 5.73 Å². The molecular weight excluding hydrogens is 282 g/mol. The van der Waals surface area contributed by atoms with Crippen LogP contribution in [0.25, 0.3) is 0 Å². The van der Waals surface area contributed by atoms with E-state index >= 15 is 0 Å². The molecule has 1 saturated carbocycles. The Morgan fingerprint density at radius 2 is 2.29 bits per heavy atom. The Kier molecular flexibility index (Phi) is 5.66. The third-order valence-electron chi connectivity index (χ3n) is 3.91. The van der Waals surface area contributed by atoms with E-state index < -0.39 is 0 Å². The number of carbonyl (C=O) groups is 1. The first-order chi connectivity index (χ1) is 10.2. The number of nitrogens with zero attached hydrogens (tertiary/aromatic N) is 1. The van der Waals surface area contributed by atoms with Crippen molar-refractivity contribution in [1.82, 2.24) is 10.3 Å². The van der Waals surface area contributed by atoms with E-state index in [-0.39, 0.29) is 17.2 Å². The first kappa shape index (κ1) is 15.9. The third-order valence-corrected chi connectivity index (χ3v) is 5.33. The SMILES string of the molecule is CSC1(CNC(=O)c2ccncc2C#CCN)CCCC1. The lowest BCUT2D eigenvalue weighted by Crippen LogP contribution is -2.38. The van der Waals surface area contributed by atoms with Crippen molar-refractivity contribution in [1.29, 1.82) is 0 Å². The molecule has 2 rings (SSSR count). The Morgan fingerprint density at radius 1 is 1.52 bits per heavy atom. The highest BCUT2D eigenvalue weighted by molar-refractivity contribution is 8.00. The number of carbonyl (C=O) groups excluding carboxylic acids is 1. The first-order valence-corrected chi connectivity index (χ1v) is 8.39. The van der Waals surface area contributed by atoms with Crippen LogP contribution >= 0.6 is 11.8 Å². The van der Waals surface area contributed by atoms with Crippen molar-refractivity contribution in [2.24, 2.45) is 5.73 Å². The molecule has 1 heterocycles. The van der Waals surface area contributed by atoms with Crippen LogP contribution in [0.15, 0.2) is 18.5 Å². The number of nitrogens with one attached hydrogen (secondary N) is 1. The highest BCUT2D eigenvalue weighted by atomic mass is 32.2. The van der Waals surface area contributed by atoms with Crippen LogP contribution in [-0.2, 0) is 0 Å². The van der Waals surface area contributed by atoms with Crippen LogP contribution in [0.4, 0.5) is 0 Å². The smallest absolute Gasteiger partial charge is 0.252 e. The summed E-state index contributed by atoms with van der Waals surface area (Å²) in [5, 5.41) is 3.06. The number of thioether (sulfide) groups is 1. The molecule has 21 heavy (non-hydrogen) atoms. The monoisotopic (exact) mass is 303 g/mol. The number of hydrogen-bond donors (Lipinski definition) is 2. The van der Waals surface area contributed by atoms with Gasteiger partial charge in [-0.15, -0.1) is 0 Å². The minimum absolute atomic E-state index is 0.0842. The number of nitrogens with two attached hydrogens (primary N) is 1. The fourth-order valence-electron chi connectivity index (χ4n) is 2.65. The second kappa shape index (κ2) is 7.48. The summed E-state index contributed by atoms with van der Waals surface area (Å²) < 4.78 is 0.200. The molecule has 0 atom stereocenters. The zero-order valence-corrected chi connectivity index (χ0v) is 13.1. The number of amides is 1. The fraction of sp³-hybridized carbons (Fsp3) is 0.500. The van der Waals surface area contributed by atoms with Gasteiger partial charge in [-0.1, -0.05) is 24.7 Å². The van der Waals surface area contributed by atoms with Gasteiger partial charge >= 0.3 is 0 Å². The van der Waals surface area contributed by atoms with E-state index in [0.717, 1.165) is 0 Å². The van der Waals surface area contributed by atoms with E-state index in [9.17, 15) is 4.79 Å². The first-order valence-electron chi connectivity index (χ1n) is 7.17. The third kappa shape index (κ3) is 3.99. The number of pyridine rings is 1. The lowest BCUT2D eigenvalue weighted by atomic mass is 10.1. The van der Waals surface area contributed by atoms with E-state index in [0.29, 0.717) is 17.7 Å². The summed E-state index contributed by atoms with van der Waals surface area (Å²) in [5.74, 6) is 5.59. The van der Waals surface area contributed by atoms with Gasteiger partial charge in [0.15, 0.2) is 0 Å². The van der Waals surface area contributed by atoms with Crippen LogP contribution in [-0.4, -0.2) is 35.0 Å². The van der Waals surface area contributed by atoms with Crippen molar-refractivity contribution >= 4 is 17.7 Å². The van der Waals surface area contributed by atoms with Crippen LogP contribution in [0.1, 0.15) is 41.6 Å². The molecule has 0 spiro atoms. The normalized spacial score (nSPS) is 16.1. The number of aromatic nitrogens is 1. The predicted octanol–water partition coefficient (Wildman–Crippen LogP) is 1.80. The molecule has 0 aliphatic heterocycles. The fourth-order valence-corrected chi connectivity index (χ4v) is 3.56. The minimum Gasteiger partial charge on any atom is -0.351 e. The molecule has 1 aliphatic carbocycles. The molecular formula is C16H21N3OS. The van der Waals surface area contributed by atoms with Crippen molar-refractivity contribution in [3.8, 4) is 11.8 Å². The van der Waals surface area contributed by atoms with Crippen LogP contribution < -0.4 is 11.1 Å². The van der Waals surface area contributed by atoms with Gasteiger partial charge in [-0.25, -0.2) is 0 Å². The van der Waals surface area contributed by atoms with E-state index in [2.05, 4.69) is 28.4 Å². The van der Waals surface area contributed by atoms with Gasteiger partial charge in [0.05, 0.1) is 17.7 Å². The van der Waals surface area contributed by atoms with Crippen LogP contribution in [0.2, 0.25) is 0 Å². The van der Waals surface area contributed by atoms with Gasteiger partial charge in [0.1, 0.15) is 0 Å². The summed E-state index contributed by atoms with van der Waals surface area (Å²) in [7, 11) is 0. The molecule has 3 N–H and O–H groups in total. The molecule has 1 fully saturated rings. The van der Waals surface area contributed by atoms with Crippen molar-refractivity contribution in [3.63, 3.8) is 0 Å². The molecule has 4 nitrogen and oxygen atoms in total. The quantitative estimate of drug-likeness (QED) is 0.832. The molecule has 1 aliphatic rings. The largest absolute Gasteiger partial charge is 0.351 e. The Labute approximate surface area is 130 Å². The second-order valence-corrected chi connectivity index (χ2v) is 6.48. The van der Waals surface area contributed by atoms with Crippen LogP contribution in [0.3, 0.4) is 0 Å². The Hall–Kier alpha value is -1.51. The molecule has 0 radical (unpaired) electrons. The Balaban J connectivity index is 2.07. The zero-order valence-electron chi connectivity index (χ0n) is 12.3. The van der Waals surface area contributed by atoms with Crippen molar-refractivity contribution in [2.45, 2.75) is 30.4 Å². The second-order valence-electron chi connectivity index (χ2n) is 5.20. The van der Waals surface area contributed by atoms with Crippen molar-refractivity contribution in [2.75, 3.05) is 19.3 Å². The topological polar surface area (TPSA) is 68.0 Å². The summed E-state index contributed by atoms with van der Waals surface area (Å²) in [5.41, 5.74) is 6.58. The van der Waals surface area contributed by atoms with Gasteiger partial charge in [0, 0.05) is 23.7 Å². The maximum Gasteiger partial charge on any atom is 0.252 e.